The Morgan fingerprint density at radius 3 is 2.86 bits per heavy atom. The highest BCUT2D eigenvalue weighted by atomic mass is 16.5. The van der Waals surface area contributed by atoms with Crippen LogP contribution in [0.5, 0.6) is 5.75 Å². The third kappa shape index (κ3) is 3.78. The third-order valence-corrected chi connectivity index (χ3v) is 4.14. The van der Waals surface area contributed by atoms with Crippen molar-refractivity contribution in [3.05, 3.63) is 23.3 Å². The van der Waals surface area contributed by atoms with Crippen molar-refractivity contribution >= 4 is 11.6 Å². The van der Waals surface area contributed by atoms with Crippen molar-refractivity contribution in [2.24, 2.45) is 0 Å². The quantitative estimate of drug-likeness (QED) is 0.839. The van der Waals surface area contributed by atoms with Crippen LogP contribution in [0.25, 0.3) is 0 Å². The van der Waals surface area contributed by atoms with E-state index < -0.39 is 6.10 Å². The van der Waals surface area contributed by atoms with Crippen LogP contribution in [0.2, 0.25) is 0 Å². The van der Waals surface area contributed by atoms with Gasteiger partial charge in [-0.1, -0.05) is 20.8 Å². The summed E-state index contributed by atoms with van der Waals surface area (Å²) in [6, 6.07) is 3.55. The van der Waals surface area contributed by atoms with Crippen molar-refractivity contribution in [2.75, 3.05) is 31.6 Å². The molecule has 5 heteroatoms. The standard InChI is InChI=1S/C17H26N2O3/c1-5-19-6-7-22-16(10-19)17(21)18-14-9-13(11(2)3)15(20)8-12(14)4/h8-9,11,16,20H,5-7,10H2,1-4H3,(H,18,21)/t16-/m1/s1. The Balaban J connectivity index is 2.12. The van der Waals surface area contributed by atoms with E-state index >= 15 is 0 Å². The van der Waals surface area contributed by atoms with Gasteiger partial charge in [0.1, 0.15) is 11.9 Å². The third-order valence-electron chi connectivity index (χ3n) is 4.14. The van der Waals surface area contributed by atoms with E-state index in [9.17, 15) is 9.90 Å². The lowest BCUT2D eigenvalue weighted by atomic mass is 9.99. The molecule has 1 aliphatic heterocycles. The van der Waals surface area contributed by atoms with Crippen LogP contribution in [0, 0.1) is 6.92 Å². The molecule has 1 saturated heterocycles. The van der Waals surface area contributed by atoms with Gasteiger partial charge in [-0.25, -0.2) is 0 Å². The number of rotatable bonds is 4. The van der Waals surface area contributed by atoms with E-state index in [2.05, 4.69) is 17.1 Å². The number of nitrogens with zero attached hydrogens (tertiary/aromatic N) is 1. The Morgan fingerprint density at radius 2 is 2.23 bits per heavy atom. The number of aryl methyl sites for hydroxylation is 1. The maximum atomic E-state index is 12.4. The topological polar surface area (TPSA) is 61.8 Å². The molecule has 22 heavy (non-hydrogen) atoms. The summed E-state index contributed by atoms with van der Waals surface area (Å²) in [5.41, 5.74) is 2.42. The molecule has 0 saturated carbocycles. The molecule has 2 N–H and O–H groups in total. The summed E-state index contributed by atoms with van der Waals surface area (Å²) in [5.74, 6) is 0.344. The van der Waals surface area contributed by atoms with Crippen LogP contribution in [-0.2, 0) is 9.53 Å². The van der Waals surface area contributed by atoms with E-state index in [4.69, 9.17) is 4.74 Å². The molecule has 1 fully saturated rings. The van der Waals surface area contributed by atoms with Crippen molar-refractivity contribution in [3.63, 3.8) is 0 Å². The molecule has 0 radical (unpaired) electrons. The average Bonchev–Trinajstić information content (AvgIpc) is 2.49. The number of hydrogen-bond donors (Lipinski definition) is 2. The van der Waals surface area contributed by atoms with Gasteiger partial charge in [-0.3, -0.25) is 9.69 Å². The monoisotopic (exact) mass is 306 g/mol. The first kappa shape index (κ1) is 16.8. The van der Waals surface area contributed by atoms with Gasteiger partial charge >= 0.3 is 0 Å². The molecular formula is C17H26N2O3. The summed E-state index contributed by atoms with van der Waals surface area (Å²) in [5, 5.41) is 12.9. The van der Waals surface area contributed by atoms with Gasteiger partial charge < -0.3 is 15.2 Å². The highest BCUT2D eigenvalue weighted by Crippen LogP contribution is 2.31. The molecule has 1 atom stereocenters. The number of amides is 1. The number of nitrogens with one attached hydrogen (secondary N) is 1. The molecule has 0 aliphatic carbocycles. The Labute approximate surface area is 132 Å². The predicted octanol–water partition coefficient (Wildman–Crippen LogP) is 2.48. The van der Waals surface area contributed by atoms with Crippen LogP contribution in [-0.4, -0.2) is 48.3 Å². The molecule has 1 aromatic carbocycles. The van der Waals surface area contributed by atoms with Gasteiger partial charge in [-0.05, 0) is 42.6 Å². The minimum Gasteiger partial charge on any atom is -0.508 e. The van der Waals surface area contributed by atoms with Gasteiger partial charge in [0.15, 0.2) is 0 Å². The smallest absolute Gasteiger partial charge is 0.254 e. The van der Waals surface area contributed by atoms with E-state index in [-0.39, 0.29) is 17.6 Å². The molecule has 5 nitrogen and oxygen atoms in total. The van der Waals surface area contributed by atoms with Gasteiger partial charge in [0.25, 0.3) is 5.91 Å². The van der Waals surface area contributed by atoms with E-state index in [0.717, 1.165) is 29.9 Å². The molecule has 0 aromatic heterocycles. The lowest BCUT2D eigenvalue weighted by Crippen LogP contribution is -2.47. The number of benzene rings is 1. The van der Waals surface area contributed by atoms with Crippen molar-refractivity contribution in [2.45, 2.75) is 39.7 Å². The van der Waals surface area contributed by atoms with E-state index in [0.29, 0.717) is 13.2 Å². The van der Waals surface area contributed by atoms with Crippen LogP contribution < -0.4 is 5.32 Å². The molecule has 1 amide bonds. The molecule has 122 valence electrons. The fraction of sp³-hybridized carbons (Fsp3) is 0.588. The van der Waals surface area contributed by atoms with Gasteiger partial charge in [0.05, 0.1) is 6.61 Å². The van der Waals surface area contributed by atoms with E-state index in [1.807, 2.05) is 26.8 Å². The highest BCUT2D eigenvalue weighted by molar-refractivity contribution is 5.95. The first-order valence-electron chi connectivity index (χ1n) is 7.90. The SMILES string of the molecule is CCN1CCO[C@@H](C(=O)Nc2cc(C(C)C)c(O)cc2C)C1. The zero-order valence-electron chi connectivity index (χ0n) is 13.8. The second kappa shape index (κ2) is 7.11. The molecule has 1 aliphatic rings. The number of anilines is 1. The van der Waals surface area contributed by atoms with Gasteiger partial charge in [-0.15, -0.1) is 0 Å². The largest absolute Gasteiger partial charge is 0.508 e. The van der Waals surface area contributed by atoms with Gasteiger partial charge in [-0.2, -0.15) is 0 Å². The van der Waals surface area contributed by atoms with Gasteiger partial charge in [0, 0.05) is 18.8 Å². The number of morpholine rings is 1. The molecule has 0 unspecified atom stereocenters. The maximum absolute atomic E-state index is 12.4. The van der Waals surface area contributed by atoms with Gasteiger partial charge in [0.2, 0.25) is 0 Å². The molecule has 1 heterocycles. The lowest BCUT2D eigenvalue weighted by Gasteiger charge is -2.31. The number of aromatic hydroxyl groups is 1. The number of phenolic OH excluding ortho intramolecular Hbond substituents is 1. The molecule has 2 rings (SSSR count). The Bertz CT molecular complexity index is 543. The Kier molecular flexibility index (Phi) is 5.42. The number of ether oxygens (including phenoxy) is 1. The van der Waals surface area contributed by atoms with Crippen molar-refractivity contribution in [3.8, 4) is 5.75 Å². The molecular weight excluding hydrogens is 280 g/mol. The number of carbonyl (C=O) groups excluding carboxylic acids is 1. The Morgan fingerprint density at radius 1 is 1.50 bits per heavy atom. The summed E-state index contributed by atoms with van der Waals surface area (Å²) in [7, 11) is 0. The number of likely N-dealkylation sites (N-methyl/N-ethyl adjacent to an activating group) is 1. The second-order valence-electron chi connectivity index (χ2n) is 6.12. The number of carbonyl (C=O) groups is 1. The molecule has 0 bridgehead atoms. The minimum atomic E-state index is -0.440. The van der Waals surface area contributed by atoms with Crippen LogP contribution >= 0.6 is 0 Å². The van der Waals surface area contributed by atoms with E-state index in [1.54, 1.807) is 6.07 Å². The summed E-state index contributed by atoms with van der Waals surface area (Å²) >= 11 is 0. The summed E-state index contributed by atoms with van der Waals surface area (Å²) in [6.07, 6.45) is -0.440. The van der Waals surface area contributed by atoms with Crippen LogP contribution in [0.3, 0.4) is 0 Å². The second-order valence-corrected chi connectivity index (χ2v) is 6.12. The van der Waals surface area contributed by atoms with Crippen molar-refractivity contribution < 1.29 is 14.6 Å². The fourth-order valence-electron chi connectivity index (χ4n) is 2.67. The normalized spacial score (nSPS) is 19.4. The zero-order chi connectivity index (χ0) is 16.3. The average molecular weight is 306 g/mol. The maximum Gasteiger partial charge on any atom is 0.254 e. The highest BCUT2D eigenvalue weighted by Gasteiger charge is 2.26. The minimum absolute atomic E-state index is 0.123. The van der Waals surface area contributed by atoms with Crippen LogP contribution in [0.1, 0.15) is 37.8 Å². The van der Waals surface area contributed by atoms with Crippen LogP contribution in [0.4, 0.5) is 5.69 Å². The summed E-state index contributed by atoms with van der Waals surface area (Å²) < 4.78 is 5.58. The predicted molar refractivity (Wildman–Crippen MR) is 87.4 cm³/mol. The molecule has 0 spiro atoms. The first-order valence-corrected chi connectivity index (χ1v) is 7.90. The fourth-order valence-corrected chi connectivity index (χ4v) is 2.67. The number of hydrogen-bond acceptors (Lipinski definition) is 4. The first-order chi connectivity index (χ1) is 10.4. The zero-order valence-corrected chi connectivity index (χ0v) is 13.8. The number of phenols is 1. The van der Waals surface area contributed by atoms with Crippen molar-refractivity contribution in [1.29, 1.82) is 0 Å². The Hall–Kier alpha value is -1.59. The van der Waals surface area contributed by atoms with E-state index in [1.165, 1.54) is 0 Å². The van der Waals surface area contributed by atoms with Crippen molar-refractivity contribution in [1.82, 2.24) is 4.90 Å². The summed E-state index contributed by atoms with van der Waals surface area (Å²) in [4.78, 5) is 14.6. The summed E-state index contributed by atoms with van der Waals surface area (Å²) in [6.45, 7) is 11.0. The molecule has 1 aromatic rings. The van der Waals surface area contributed by atoms with Crippen LogP contribution in [0.15, 0.2) is 12.1 Å². The lowest BCUT2D eigenvalue weighted by molar-refractivity contribution is -0.132.